The lowest BCUT2D eigenvalue weighted by Gasteiger charge is -2.20. The highest BCUT2D eigenvalue weighted by atomic mass is 32.2. The molecule has 2 heterocycles. The fourth-order valence-electron chi connectivity index (χ4n) is 3.74. The maximum absolute atomic E-state index is 13.4. The van der Waals surface area contributed by atoms with Crippen LogP contribution in [0.2, 0.25) is 0 Å². The summed E-state index contributed by atoms with van der Waals surface area (Å²) in [5.74, 6) is -1.02. The van der Waals surface area contributed by atoms with Gasteiger partial charge in [-0.15, -0.1) is 0 Å². The van der Waals surface area contributed by atoms with Crippen LogP contribution in [0.4, 0.5) is 4.79 Å². The summed E-state index contributed by atoms with van der Waals surface area (Å²) in [6.07, 6.45) is 0.665. The van der Waals surface area contributed by atoms with Gasteiger partial charge in [-0.1, -0.05) is 48.0 Å². The van der Waals surface area contributed by atoms with Crippen LogP contribution in [0.3, 0.4) is 0 Å². The summed E-state index contributed by atoms with van der Waals surface area (Å²) in [5, 5.41) is 0. The van der Waals surface area contributed by atoms with Gasteiger partial charge in [0.05, 0.1) is 17.2 Å². The summed E-state index contributed by atoms with van der Waals surface area (Å²) in [7, 11) is -4.18. The molecule has 3 aromatic rings. The van der Waals surface area contributed by atoms with Crippen LogP contribution in [-0.4, -0.2) is 48.5 Å². The fraction of sp³-hybridized carbons (Fsp3) is 0.208. The minimum absolute atomic E-state index is 0.00555. The first-order valence-corrected chi connectivity index (χ1v) is 12.2. The van der Waals surface area contributed by atoms with Crippen molar-refractivity contribution in [2.75, 3.05) is 6.61 Å². The first-order valence-electron chi connectivity index (χ1n) is 10.7. The molecule has 35 heavy (non-hydrogen) atoms. The standard InChI is InChI=1S/C24H22N4O6S/c1-16-9-11-19(12-10-16)35(31,32)27-21(20-8-5-13-33-20)22(26-25)23(29)28-18(15-34-24(28)30)14-17-6-3-2-4-7-17/h2-13,18,21,27H,14-15H2,1H3/t18-,21+/m0/s1. The Balaban J connectivity index is 1.66. The number of hydrogen-bond acceptors (Lipinski definition) is 6. The molecule has 1 aromatic heterocycles. The predicted octanol–water partition coefficient (Wildman–Crippen LogP) is 2.87. The summed E-state index contributed by atoms with van der Waals surface area (Å²) >= 11 is 0. The van der Waals surface area contributed by atoms with Gasteiger partial charge in [-0.3, -0.25) is 4.79 Å². The zero-order valence-electron chi connectivity index (χ0n) is 18.7. The molecule has 2 atom stereocenters. The first kappa shape index (κ1) is 24.1. The number of furan rings is 1. The molecule has 2 amide bonds. The third-order valence-electron chi connectivity index (χ3n) is 5.53. The number of carbonyl (C=O) groups is 2. The minimum atomic E-state index is -4.18. The van der Waals surface area contributed by atoms with Crippen molar-refractivity contribution in [3.63, 3.8) is 0 Å². The van der Waals surface area contributed by atoms with Gasteiger partial charge in [0.2, 0.25) is 10.0 Å². The first-order chi connectivity index (χ1) is 16.8. The number of aryl methyl sites for hydroxylation is 1. The zero-order valence-corrected chi connectivity index (χ0v) is 19.5. The Morgan fingerprint density at radius 2 is 1.86 bits per heavy atom. The van der Waals surface area contributed by atoms with Gasteiger partial charge < -0.3 is 14.7 Å². The third kappa shape index (κ3) is 5.22. The molecule has 10 nitrogen and oxygen atoms in total. The van der Waals surface area contributed by atoms with Gasteiger partial charge >= 0.3 is 17.7 Å². The monoisotopic (exact) mass is 494 g/mol. The van der Waals surface area contributed by atoms with Crippen LogP contribution < -0.4 is 4.72 Å². The molecule has 0 bridgehead atoms. The number of nitrogens with one attached hydrogen (secondary N) is 1. The minimum Gasteiger partial charge on any atom is -0.467 e. The molecule has 1 aliphatic rings. The van der Waals surface area contributed by atoms with Crippen molar-refractivity contribution in [2.24, 2.45) is 0 Å². The van der Waals surface area contributed by atoms with Crippen molar-refractivity contribution in [3.8, 4) is 0 Å². The van der Waals surface area contributed by atoms with Gasteiger partial charge in [-0.05, 0) is 43.2 Å². The Bertz CT molecular complexity index is 1370. The lowest BCUT2D eigenvalue weighted by molar-refractivity contribution is -0.127. The van der Waals surface area contributed by atoms with Crippen LogP contribution in [0, 0.1) is 6.92 Å². The number of benzene rings is 2. The van der Waals surface area contributed by atoms with Crippen LogP contribution >= 0.6 is 0 Å². The Morgan fingerprint density at radius 1 is 1.14 bits per heavy atom. The topological polar surface area (TPSA) is 142 Å². The SMILES string of the molecule is Cc1ccc(S(=O)(=O)N[C@@H](C(=[N+]=[N-])C(=O)N2C(=O)OC[C@@H]2Cc2ccccc2)c2ccco2)cc1. The van der Waals surface area contributed by atoms with Crippen LogP contribution in [0.15, 0.2) is 82.3 Å². The number of imide groups is 1. The van der Waals surface area contributed by atoms with Gasteiger partial charge in [-0.2, -0.15) is 9.51 Å². The van der Waals surface area contributed by atoms with Crippen molar-refractivity contribution >= 4 is 27.7 Å². The highest BCUT2D eigenvalue weighted by Gasteiger charge is 2.47. The van der Waals surface area contributed by atoms with Gasteiger partial charge in [-0.25, -0.2) is 18.1 Å². The van der Waals surface area contributed by atoms with Crippen molar-refractivity contribution in [1.29, 1.82) is 0 Å². The molecule has 1 saturated heterocycles. The second-order valence-electron chi connectivity index (χ2n) is 7.96. The second-order valence-corrected chi connectivity index (χ2v) is 9.68. The van der Waals surface area contributed by atoms with E-state index >= 15 is 0 Å². The number of sulfonamides is 1. The Morgan fingerprint density at radius 3 is 2.49 bits per heavy atom. The van der Waals surface area contributed by atoms with Crippen molar-refractivity contribution in [2.45, 2.75) is 30.3 Å². The molecule has 0 spiro atoms. The molecule has 1 aliphatic heterocycles. The number of rotatable bonds is 8. The molecule has 11 heteroatoms. The molecule has 0 radical (unpaired) electrons. The van der Waals surface area contributed by atoms with Crippen LogP contribution in [0.1, 0.15) is 22.9 Å². The quantitative estimate of drug-likeness (QED) is 0.290. The maximum Gasteiger partial charge on any atom is 0.417 e. The maximum atomic E-state index is 13.4. The number of amides is 2. The highest BCUT2D eigenvalue weighted by Crippen LogP contribution is 2.24. The van der Waals surface area contributed by atoms with E-state index in [0.29, 0.717) is 6.42 Å². The zero-order chi connectivity index (χ0) is 25.0. The van der Waals surface area contributed by atoms with E-state index in [9.17, 15) is 23.5 Å². The van der Waals surface area contributed by atoms with E-state index in [2.05, 4.69) is 9.51 Å². The van der Waals surface area contributed by atoms with Crippen LogP contribution in [0.25, 0.3) is 5.53 Å². The normalized spacial score (nSPS) is 16.4. The van der Waals surface area contributed by atoms with E-state index in [1.807, 2.05) is 37.3 Å². The van der Waals surface area contributed by atoms with Gasteiger partial charge in [0, 0.05) is 0 Å². The molecule has 180 valence electrons. The molecule has 4 rings (SSSR count). The van der Waals surface area contributed by atoms with Crippen molar-refractivity contribution in [3.05, 3.63) is 95.4 Å². The molecule has 1 N–H and O–H groups in total. The highest BCUT2D eigenvalue weighted by molar-refractivity contribution is 7.89. The average Bonchev–Trinajstić information content (AvgIpc) is 3.50. The number of ether oxygens (including phenoxy) is 1. The number of nitrogens with zero attached hydrogens (tertiary/aromatic N) is 3. The summed E-state index contributed by atoms with van der Waals surface area (Å²) in [6.45, 7) is 1.75. The fourth-order valence-corrected chi connectivity index (χ4v) is 4.91. The molecule has 0 aliphatic carbocycles. The largest absolute Gasteiger partial charge is 0.467 e. The Hall–Kier alpha value is -4.05. The average molecular weight is 495 g/mol. The summed E-state index contributed by atoms with van der Waals surface area (Å²) in [5.41, 5.74) is 10.9. The third-order valence-corrected chi connectivity index (χ3v) is 6.97. The predicted molar refractivity (Wildman–Crippen MR) is 124 cm³/mol. The lowest BCUT2D eigenvalue weighted by atomic mass is 10.0. The van der Waals surface area contributed by atoms with E-state index in [4.69, 9.17) is 9.15 Å². The summed E-state index contributed by atoms with van der Waals surface area (Å²) in [6, 6.07) is 15.9. The van der Waals surface area contributed by atoms with Crippen molar-refractivity contribution in [1.82, 2.24) is 9.62 Å². The summed E-state index contributed by atoms with van der Waals surface area (Å²) < 4.78 is 38.9. The van der Waals surface area contributed by atoms with E-state index < -0.39 is 39.8 Å². The van der Waals surface area contributed by atoms with Crippen LogP contribution in [-0.2, 0) is 26.0 Å². The van der Waals surface area contributed by atoms with E-state index in [1.54, 1.807) is 12.1 Å². The van der Waals surface area contributed by atoms with Crippen molar-refractivity contribution < 1.29 is 32.0 Å². The van der Waals surface area contributed by atoms with Gasteiger partial charge in [0.15, 0.2) is 6.04 Å². The van der Waals surface area contributed by atoms with E-state index in [-0.39, 0.29) is 17.3 Å². The molecule has 2 aromatic carbocycles. The van der Waals surface area contributed by atoms with Crippen LogP contribution in [0.5, 0.6) is 0 Å². The molecular formula is C24H22N4O6S. The molecule has 1 fully saturated rings. The number of cyclic esters (lactones) is 1. The molecule has 0 saturated carbocycles. The lowest BCUT2D eigenvalue weighted by Crippen LogP contribution is -2.48. The van der Waals surface area contributed by atoms with E-state index in [0.717, 1.165) is 16.0 Å². The van der Waals surface area contributed by atoms with Gasteiger partial charge in [0.25, 0.3) is 0 Å². The smallest absolute Gasteiger partial charge is 0.417 e. The Labute approximate surface area is 201 Å². The number of carbonyl (C=O) groups excluding carboxylic acids is 2. The molecule has 0 unspecified atom stereocenters. The summed E-state index contributed by atoms with van der Waals surface area (Å²) in [4.78, 5) is 29.8. The number of hydrogen-bond donors (Lipinski definition) is 1. The molecular weight excluding hydrogens is 472 g/mol. The van der Waals surface area contributed by atoms with Gasteiger partial charge in [0.1, 0.15) is 12.4 Å². The second kappa shape index (κ2) is 10.1. The Kier molecular flexibility index (Phi) is 6.92. The van der Waals surface area contributed by atoms with E-state index in [1.165, 1.54) is 30.5 Å².